The third kappa shape index (κ3) is 4.75. The molecule has 24 heavy (non-hydrogen) atoms. The average molecular weight is 345 g/mol. The van der Waals surface area contributed by atoms with E-state index in [2.05, 4.69) is 10.3 Å². The van der Waals surface area contributed by atoms with E-state index in [4.69, 9.17) is 14.2 Å². The van der Waals surface area contributed by atoms with Crippen molar-refractivity contribution < 1.29 is 27.8 Å². The van der Waals surface area contributed by atoms with E-state index in [0.717, 1.165) is 0 Å². The van der Waals surface area contributed by atoms with E-state index >= 15 is 0 Å². The zero-order valence-electron chi connectivity index (χ0n) is 13.6. The van der Waals surface area contributed by atoms with Gasteiger partial charge >= 0.3 is 0 Å². The highest BCUT2D eigenvalue weighted by Gasteiger charge is 2.31. The number of rotatable bonds is 7. The Kier molecular flexibility index (Phi) is 6.68. The summed E-state index contributed by atoms with van der Waals surface area (Å²) in [6.45, 7) is 0.450. The topological polar surface area (TPSA) is 72.9 Å². The quantitative estimate of drug-likeness (QED) is 0.784. The van der Waals surface area contributed by atoms with E-state index in [1.54, 1.807) is 12.1 Å². The number of hydrogen-bond acceptors (Lipinski definition) is 6. The average Bonchev–Trinajstić information content (AvgIpc) is 2.59. The number of ether oxygens (including phenoxy) is 3. The van der Waals surface area contributed by atoms with Gasteiger partial charge in [0.1, 0.15) is 6.04 Å². The summed E-state index contributed by atoms with van der Waals surface area (Å²) in [5, 5.41) is 2.72. The van der Waals surface area contributed by atoms with Crippen LogP contribution in [-0.2, 0) is 16.1 Å². The summed E-state index contributed by atoms with van der Waals surface area (Å²) >= 11 is 0. The molecule has 0 bridgehead atoms. The highest BCUT2D eigenvalue weighted by atomic mass is 19.3. The van der Waals surface area contributed by atoms with Crippen molar-refractivity contribution in [1.29, 1.82) is 0 Å². The number of pyridine rings is 1. The molecular weight excluding hydrogens is 324 g/mol. The Balaban J connectivity index is 1.98. The van der Waals surface area contributed by atoms with Gasteiger partial charge in [0, 0.05) is 24.7 Å². The number of alkyl halides is 2. The van der Waals surface area contributed by atoms with Crippen molar-refractivity contribution in [2.45, 2.75) is 19.0 Å². The molecule has 1 N–H and O–H groups in total. The van der Waals surface area contributed by atoms with Gasteiger partial charge in [0.25, 0.3) is 6.43 Å². The first-order valence-electron chi connectivity index (χ1n) is 7.50. The van der Waals surface area contributed by atoms with Crippen LogP contribution in [0.2, 0.25) is 0 Å². The first-order chi connectivity index (χ1) is 11.5. The van der Waals surface area contributed by atoms with Gasteiger partial charge in [-0.05, 0) is 6.07 Å². The van der Waals surface area contributed by atoms with E-state index in [9.17, 15) is 13.6 Å². The second-order valence-corrected chi connectivity index (χ2v) is 5.22. The minimum Gasteiger partial charge on any atom is -0.481 e. The summed E-state index contributed by atoms with van der Waals surface area (Å²) in [6.07, 6.45) is -2.50. The minimum atomic E-state index is -2.50. The van der Waals surface area contributed by atoms with Crippen molar-refractivity contribution in [2.24, 2.45) is 0 Å². The molecule has 1 aromatic heterocycles. The molecule has 0 aromatic carbocycles. The number of halogens is 2. The van der Waals surface area contributed by atoms with Crippen LogP contribution in [0.5, 0.6) is 11.8 Å². The van der Waals surface area contributed by atoms with Crippen LogP contribution in [0.25, 0.3) is 0 Å². The van der Waals surface area contributed by atoms with Gasteiger partial charge in [0.05, 0.1) is 34.0 Å². The number of nitrogens with zero attached hydrogens (tertiary/aromatic N) is 2. The van der Waals surface area contributed by atoms with Crippen molar-refractivity contribution >= 4 is 5.91 Å². The first kappa shape index (κ1) is 18.3. The smallest absolute Gasteiger partial charge is 0.251 e. The van der Waals surface area contributed by atoms with Gasteiger partial charge < -0.3 is 19.5 Å². The van der Waals surface area contributed by atoms with E-state index in [0.29, 0.717) is 30.5 Å². The Morgan fingerprint density at radius 2 is 2.25 bits per heavy atom. The van der Waals surface area contributed by atoms with Crippen LogP contribution in [0.3, 0.4) is 0 Å². The molecule has 0 saturated carbocycles. The molecule has 9 heteroatoms. The van der Waals surface area contributed by atoms with Crippen molar-refractivity contribution in [3.63, 3.8) is 0 Å². The fraction of sp³-hybridized carbons (Fsp3) is 0.600. The van der Waals surface area contributed by atoms with E-state index < -0.39 is 19.0 Å². The molecule has 1 atom stereocenters. The number of carbonyl (C=O) groups excluding carboxylic acids is 1. The minimum absolute atomic E-state index is 0.0938. The van der Waals surface area contributed by atoms with Crippen LogP contribution in [0.1, 0.15) is 5.56 Å². The van der Waals surface area contributed by atoms with Crippen molar-refractivity contribution in [2.75, 3.05) is 40.5 Å². The summed E-state index contributed by atoms with van der Waals surface area (Å²) in [5.41, 5.74) is 0.656. The number of methoxy groups -OCH3 is 2. The summed E-state index contributed by atoms with van der Waals surface area (Å²) in [6, 6.07) is 2.64. The molecule has 1 aliphatic heterocycles. The zero-order valence-corrected chi connectivity index (χ0v) is 13.6. The maximum atomic E-state index is 12.6. The van der Waals surface area contributed by atoms with Crippen LogP contribution < -0.4 is 14.8 Å². The molecule has 1 aromatic rings. The fourth-order valence-electron chi connectivity index (χ4n) is 2.45. The monoisotopic (exact) mass is 345 g/mol. The zero-order chi connectivity index (χ0) is 17.5. The number of amides is 1. The van der Waals surface area contributed by atoms with E-state index in [-0.39, 0.29) is 19.1 Å². The summed E-state index contributed by atoms with van der Waals surface area (Å²) in [5.74, 6) is 0.359. The van der Waals surface area contributed by atoms with Crippen LogP contribution in [0.15, 0.2) is 12.1 Å². The Morgan fingerprint density at radius 1 is 1.46 bits per heavy atom. The van der Waals surface area contributed by atoms with Gasteiger partial charge in [0.15, 0.2) is 0 Å². The first-order valence-corrected chi connectivity index (χ1v) is 7.50. The van der Waals surface area contributed by atoms with Crippen molar-refractivity contribution in [1.82, 2.24) is 15.2 Å². The predicted octanol–water partition coefficient (Wildman–Crippen LogP) is 0.681. The molecule has 134 valence electrons. The van der Waals surface area contributed by atoms with Gasteiger partial charge in [-0.2, -0.15) is 4.98 Å². The maximum absolute atomic E-state index is 12.6. The standard InChI is InChI=1S/C15H21F2N3O4/c1-22-13-4-3-10(15(19-13)23-2)7-18-14(21)11-9-24-6-5-20(11)8-12(16)17/h3-4,11-12H,5-9H2,1-2H3,(H,18,21). The number of hydrogen-bond donors (Lipinski definition) is 1. The molecule has 1 amide bonds. The van der Waals surface area contributed by atoms with Gasteiger partial charge in [-0.15, -0.1) is 0 Å². The molecule has 2 heterocycles. The molecule has 1 fully saturated rings. The van der Waals surface area contributed by atoms with Gasteiger partial charge in [-0.3, -0.25) is 9.69 Å². The third-order valence-electron chi connectivity index (χ3n) is 3.68. The highest BCUT2D eigenvalue weighted by molar-refractivity contribution is 5.82. The Labute approximate surface area is 138 Å². The summed E-state index contributed by atoms with van der Waals surface area (Å²) in [7, 11) is 2.95. The van der Waals surface area contributed by atoms with Gasteiger partial charge in [0.2, 0.25) is 17.7 Å². The largest absolute Gasteiger partial charge is 0.481 e. The predicted molar refractivity (Wildman–Crippen MR) is 81.4 cm³/mol. The Hall–Kier alpha value is -2.00. The van der Waals surface area contributed by atoms with Crippen LogP contribution in [0.4, 0.5) is 8.78 Å². The number of aromatic nitrogens is 1. The number of nitrogens with one attached hydrogen (secondary N) is 1. The normalized spacial score (nSPS) is 18.5. The molecule has 0 radical (unpaired) electrons. The second kappa shape index (κ2) is 8.74. The summed E-state index contributed by atoms with van der Waals surface area (Å²) < 4.78 is 40.7. The molecule has 1 aliphatic rings. The number of morpholine rings is 1. The van der Waals surface area contributed by atoms with E-state index in [1.165, 1.54) is 19.1 Å². The lowest BCUT2D eigenvalue weighted by atomic mass is 10.2. The maximum Gasteiger partial charge on any atom is 0.251 e. The van der Waals surface area contributed by atoms with Gasteiger partial charge in [-0.1, -0.05) is 0 Å². The van der Waals surface area contributed by atoms with Gasteiger partial charge in [-0.25, -0.2) is 8.78 Å². The van der Waals surface area contributed by atoms with Crippen LogP contribution in [0, 0.1) is 0 Å². The van der Waals surface area contributed by atoms with Crippen LogP contribution >= 0.6 is 0 Å². The fourth-order valence-corrected chi connectivity index (χ4v) is 2.45. The lowest BCUT2D eigenvalue weighted by Gasteiger charge is -2.34. The summed E-state index contributed by atoms with van der Waals surface area (Å²) in [4.78, 5) is 17.9. The Morgan fingerprint density at radius 3 is 2.92 bits per heavy atom. The van der Waals surface area contributed by atoms with E-state index in [1.807, 2.05) is 0 Å². The molecule has 7 nitrogen and oxygen atoms in total. The lowest BCUT2D eigenvalue weighted by molar-refractivity contribution is -0.134. The number of carbonyl (C=O) groups is 1. The van der Waals surface area contributed by atoms with Crippen LogP contribution in [-0.4, -0.2) is 68.8 Å². The highest BCUT2D eigenvalue weighted by Crippen LogP contribution is 2.19. The molecule has 2 rings (SSSR count). The second-order valence-electron chi connectivity index (χ2n) is 5.22. The third-order valence-corrected chi connectivity index (χ3v) is 3.68. The molecular formula is C15H21F2N3O4. The molecule has 0 spiro atoms. The lowest BCUT2D eigenvalue weighted by Crippen LogP contribution is -2.54. The molecule has 0 aliphatic carbocycles. The SMILES string of the molecule is COc1ccc(CNC(=O)C2COCCN2CC(F)F)c(OC)n1. The Bertz CT molecular complexity index is 560. The molecule has 1 unspecified atom stereocenters. The van der Waals surface area contributed by atoms with Crippen molar-refractivity contribution in [3.05, 3.63) is 17.7 Å². The molecule has 1 saturated heterocycles. The van der Waals surface area contributed by atoms with Crippen molar-refractivity contribution in [3.8, 4) is 11.8 Å².